The van der Waals surface area contributed by atoms with Crippen LogP contribution in [-0.4, -0.2) is 43.5 Å². The molecule has 0 unspecified atom stereocenters. The molecular formula is C24H31N5O2. The largest absolute Gasteiger partial charge is 0.399 e. The van der Waals surface area contributed by atoms with E-state index in [1.165, 1.54) is 0 Å². The first kappa shape index (κ1) is 22.6. The summed E-state index contributed by atoms with van der Waals surface area (Å²) in [5, 5.41) is 13.5. The highest BCUT2D eigenvalue weighted by Crippen LogP contribution is 2.20. The monoisotopic (exact) mass is 421 g/mol. The highest BCUT2D eigenvalue weighted by atomic mass is 16.5. The van der Waals surface area contributed by atoms with Crippen LogP contribution >= 0.6 is 0 Å². The van der Waals surface area contributed by atoms with Crippen LogP contribution in [0.4, 0.5) is 11.4 Å². The Labute approximate surface area is 183 Å². The lowest BCUT2D eigenvalue weighted by atomic mass is 10.1. The summed E-state index contributed by atoms with van der Waals surface area (Å²) in [6, 6.07) is 16.0. The third-order valence-corrected chi connectivity index (χ3v) is 4.68. The van der Waals surface area contributed by atoms with Gasteiger partial charge >= 0.3 is 0 Å². The number of likely N-dealkylation sites (N-methyl/N-ethyl adjacent to an activating group) is 1. The number of hydrogen-bond acceptors (Lipinski definition) is 6. The van der Waals surface area contributed by atoms with Crippen molar-refractivity contribution in [2.24, 2.45) is 0 Å². The average Bonchev–Trinajstić information content (AvgIpc) is 3.32. The molecule has 1 aromatic heterocycles. The molecular weight excluding hydrogens is 390 g/mol. The highest BCUT2D eigenvalue weighted by Gasteiger charge is 2.03. The number of aromatic amines is 1. The van der Waals surface area contributed by atoms with Crippen molar-refractivity contribution in [1.29, 1.82) is 0 Å². The number of hydrogen-bond donors (Lipinski definition) is 4. The van der Waals surface area contributed by atoms with Crippen molar-refractivity contribution in [2.45, 2.75) is 13.2 Å². The number of benzene rings is 2. The lowest BCUT2D eigenvalue weighted by Crippen LogP contribution is -2.18. The second-order valence-corrected chi connectivity index (χ2v) is 7.12. The van der Waals surface area contributed by atoms with E-state index in [-0.39, 0.29) is 0 Å². The minimum atomic E-state index is 0.499. The topological polar surface area (TPSA) is 97.2 Å². The smallest absolute Gasteiger partial charge is 0.0741 e. The van der Waals surface area contributed by atoms with Gasteiger partial charge in [0.2, 0.25) is 0 Å². The predicted molar refractivity (Wildman–Crippen MR) is 126 cm³/mol. The molecule has 0 amide bonds. The van der Waals surface area contributed by atoms with Crippen molar-refractivity contribution in [3.63, 3.8) is 0 Å². The van der Waals surface area contributed by atoms with E-state index in [0.717, 1.165) is 46.8 Å². The van der Waals surface area contributed by atoms with Crippen LogP contribution in [0.5, 0.6) is 0 Å². The first-order valence-electron chi connectivity index (χ1n) is 10.4. The van der Waals surface area contributed by atoms with Crippen LogP contribution in [0.3, 0.4) is 0 Å². The number of nitrogens with two attached hydrogens (primary N) is 1. The number of rotatable bonds is 13. The third kappa shape index (κ3) is 7.57. The average molecular weight is 422 g/mol. The molecule has 0 saturated heterocycles. The molecule has 0 saturated carbocycles. The van der Waals surface area contributed by atoms with Crippen LogP contribution in [-0.2, 0) is 22.7 Å². The fourth-order valence-electron chi connectivity index (χ4n) is 3.09. The molecule has 3 aromatic rings. The van der Waals surface area contributed by atoms with Gasteiger partial charge < -0.3 is 25.8 Å². The van der Waals surface area contributed by atoms with Crippen LogP contribution in [0, 0.1) is 0 Å². The summed E-state index contributed by atoms with van der Waals surface area (Å²) in [5.41, 5.74) is 12.0. The van der Waals surface area contributed by atoms with Crippen LogP contribution in [0.15, 0.2) is 66.9 Å². The summed E-state index contributed by atoms with van der Waals surface area (Å²) in [7, 11) is 1.93. The molecule has 7 nitrogen and oxygen atoms in total. The van der Waals surface area contributed by atoms with Gasteiger partial charge in [-0.05, 0) is 48.5 Å². The third-order valence-electron chi connectivity index (χ3n) is 4.68. The van der Waals surface area contributed by atoms with E-state index in [9.17, 15) is 0 Å². The van der Waals surface area contributed by atoms with E-state index >= 15 is 0 Å². The molecule has 3 rings (SSSR count). The molecule has 0 spiro atoms. The SMILES string of the molecule is CNCCNc1ccc(N)cc1COC/C=C/COCc1cccc(-c2ccn[nH]2)c1. The number of H-pyrrole nitrogens is 1. The van der Waals surface area contributed by atoms with E-state index in [4.69, 9.17) is 15.2 Å². The first-order chi connectivity index (χ1) is 15.3. The van der Waals surface area contributed by atoms with Gasteiger partial charge in [-0.2, -0.15) is 5.10 Å². The zero-order valence-corrected chi connectivity index (χ0v) is 17.9. The van der Waals surface area contributed by atoms with Gasteiger partial charge in [0, 0.05) is 36.2 Å². The molecule has 0 fully saturated rings. The van der Waals surface area contributed by atoms with Crippen molar-refractivity contribution in [3.05, 3.63) is 78.0 Å². The molecule has 0 aliphatic carbocycles. The van der Waals surface area contributed by atoms with Gasteiger partial charge in [-0.1, -0.05) is 30.4 Å². The Morgan fingerprint density at radius 1 is 1.00 bits per heavy atom. The van der Waals surface area contributed by atoms with E-state index in [2.05, 4.69) is 39.0 Å². The number of ether oxygens (including phenoxy) is 2. The molecule has 1 heterocycles. The molecule has 31 heavy (non-hydrogen) atoms. The van der Waals surface area contributed by atoms with Crippen molar-refractivity contribution in [1.82, 2.24) is 15.5 Å². The van der Waals surface area contributed by atoms with Crippen molar-refractivity contribution in [3.8, 4) is 11.3 Å². The lowest BCUT2D eigenvalue weighted by Gasteiger charge is -2.13. The van der Waals surface area contributed by atoms with Crippen molar-refractivity contribution in [2.75, 3.05) is 44.4 Å². The van der Waals surface area contributed by atoms with E-state index < -0.39 is 0 Å². The second kappa shape index (κ2) is 12.5. The Morgan fingerprint density at radius 2 is 1.84 bits per heavy atom. The zero-order chi connectivity index (χ0) is 21.7. The molecule has 164 valence electrons. The van der Waals surface area contributed by atoms with E-state index in [0.29, 0.717) is 26.4 Å². The Bertz CT molecular complexity index is 941. The quantitative estimate of drug-likeness (QED) is 0.191. The Hall–Kier alpha value is -3.13. The summed E-state index contributed by atoms with van der Waals surface area (Å²) in [6.45, 7) is 3.84. The summed E-state index contributed by atoms with van der Waals surface area (Å²) >= 11 is 0. The van der Waals surface area contributed by atoms with Gasteiger partial charge in [0.25, 0.3) is 0 Å². The molecule has 7 heteroatoms. The number of nitrogens with one attached hydrogen (secondary N) is 3. The maximum absolute atomic E-state index is 5.92. The van der Waals surface area contributed by atoms with Gasteiger partial charge in [-0.25, -0.2) is 0 Å². The minimum absolute atomic E-state index is 0.499. The second-order valence-electron chi connectivity index (χ2n) is 7.12. The molecule has 0 radical (unpaired) electrons. The van der Waals surface area contributed by atoms with E-state index in [1.807, 2.05) is 49.5 Å². The molecule has 0 aliphatic rings. The van der Waals surface area contributed by atoms with Crippen LogP contribution in [0.25, 0.3) is 11.3 Å². The van der Waals surface area contributed by atoms with Gasteiger partial charge in [0.15, 0.2) is 0 Å². The summed E-state index contributed by atoms with van der Waals surface area (Å²) in [6.07, 6.45) is 5.70. The molecule has 0 aliphatic heterocycles. The fraction of sp³-hybridized carbons (Fsp3) is 0.292. The Morgan fingerprint density at radius 3 is 2.61 bits per heavy atom. The zero-order valence-electron chi connectivity index (χ0n) is 17.9. The number of nitrogens with zero attached hydrogens (tertiary/aromatic N) is 1. The van der Waals surface area contributed by atoms with Gasteiger partial charge in [-0.15, -0.1) is 0 Å². The minimum Gasteiger partial charge on any atom is -0.399 e. The first-order valence-corrected chi connectivity index (χ1v) is 10.4. The van der Waals surface area contributed by atoms with Crippen LogP contribution in [0.1, 0.15) is 11.1 Å². The van der Waals surface area contributed by atoms with E-state index in [1.54, 1.807) is 6.20 Å². The maximum atomic E-state index is 5.92. The predicted octanol–water partition coefficient (Wildman–Crippen LogP) is 3.58. The van der Waals surface area contributed by atoms with Crippen molar-refractivity contribution >= 4 is 11.4 Å². The molecule has 0 atom stereocenters. The van der Waals surface area contributed by atoms with Crippen LogP contribution in [0.2, 0.25) is 0 Å². The summed E-state index contributed by atoms with van der Waals surface area (Å²) in [5.74, 6) is 0. The number of anilines is 2. The van der Waals surface area contributed by atoms with Gasteiger partial charge in [0.1, 0.15) is 0 Å². The highest BCUT2D eigenvalue weighted by molar-refractivity contribution is 5.59. The van der Waals surface area contributed by atoms with Gasteiger partial charge in [-0.3, -0.25) is 5.10 Å². The molecule has 5 N–H and O–H groups in total. The lowest BCUT2D eigenvalue weighted by molar-refractivity contribution is 0.140. The summed E-state index contributed by atoms with van der Waals surface area (Å²) in [4.78, 5) is 0. The Kier molecular flexibility index (Phi) is 9.12. The summed E-state index contributed by atoms with van der Waals surface area (Å²) < 4.78 is 11.5. The standard InChI is InChI=1S/C24H31N5O2/c1-26-11-12-27-23-8-7-22(25)16-21(23)18-31-14-3-2-13-30-17-19-5-4-6-20(15-19)24-9-10-28-29-24/h2-10,15-16,26-27H,11-14,17-18,25H2,1H3,(H,28,29)/b3-2+. The van der Waals surface area contributed by atoms with Crippen LogP contribution < -0.4 is 16.4 Å². The number of nitrogen functional groups attached to an aromatic ring is 1. The Balaban J connectivity index is 1.36. The normalized spacial score (nSPS) is 11.3. The number of aromatic nitrogens is 2. The molecule has 0 bridgehead atoms. The van der Waals surface area contributed by atoms with Crippen molar-refractivity contribution < 1.29 is 9.47 Å². The fourth-order valence-corrected chi connectivity index (χ4v) is 3.09. The maximum Gasteiger partial charge on any atom is 0.0741 e. The molecule has 2 aromatic carbocycles. The van der Waals surface area contributed by atoms with Gasteiger partial charge in [0.05, 0.1) is 32.1 Å².